The summed E-state index contributed by atoms with van der Waals surface area (Å²) < 4.78 is 39.4. The van der Waals surface area contributed by atoms with Crippen LogP contribution in [-0.2, 0) is 26.2 Å². The van der Waals surface area contributed by atoms with Crippen LogP contribution < -0.4 is 10.6 Å². The number of nitrogens with one attached hydrogen (secondary N) is 2. The van der Waals surface area contributed by atoms with Crippen molar-refractivity contribution in [3.8, 4) is 0 Å². The average Bonchev–Trinajstić information content (AvgIpc) is 2.97. The molecule has 9 heteroatoms. The van der Waals surface area contributed by atoms with Crippen LogP contribution in [0.15, 0.2) is 35.6 Å². The van der Waals surface area contributed by atoms with Crippen LogP contribution in [0.25, 0.3) is 0 Å². The lowest BCUT2D eigenvalue weighted by atomic mass is 10.1. The molecule has 0 spiro atoms. The first-order chi connectivity index (χ1) is 11.9. The van der Waals surface area contributed by atoms with Crippen LogP contribution in [0.5, 0.6) is 0 Å². The van der Waals surface area contributed by atoms with E-state index in [9.17, 15) is 13.2 Å². The first-order valence-corrected chi connectivity index (χ1v) is 7.91. The van der Waals surface area contributed by atoms with Gasteiger partial charge in [-0.25, -0.2) is 4.99 Å². The van der Waals surface area contributed by atoms with Gasteiger partial charge in [0.1, 0.15) is 12.9 Å². The minimum atomic E-state index is -4.30. The monoisotopic (exact) mass is 354 g/mol. The number of hydrogen-bond donors (Lipinski definition) is 2. The van der Waals surface area contributed by atoms with Crippen LogP contribution in [0, 0.1) is 0 Å². The molecule has 0 aliphatic carbocycles. The lowest BCUT2D eigenvalue weighted by Crippen LogP contribution is -2.38. The van der Waals surface area contributed by atoms with E-state index in [0.717, 1.165) is 23.5 Å². The number of aromatic nitrogens is 3. The van der Waals surface area contributed by atoms with Crippen molar-refractivity contribution >= 4 is 5.96 Å². The van der Waals surface area contributed by atoms with Gasteiger partial charge < -0.3 is 15.2 Å². The molecular formula is C16H21F3N6. The van der Waals surface area contributed by atoms with E-state index in [1.165, 1.54) is 12.1 Å². The quantitative estimate of drug-likeness (QED) is 0.616. The smallest absolute Gasteiger partial charge is 0.357 e. The van der Waals surface area contributed by atoms with E-state index < -0.39 is 11.7 Å². The Balaban J connectivity index is 1.87. The van der Waals surface area contributed by atoms with Crippen molar-refractivity contribution in [3.63, 3.8) is 0 Å². The Kier molecular flexibility index (Phi) is 6.37. The summed E-state index contributed by atoms with van der Waals surface area (Å²) in [5.41, 5.74) is 0.187. The van der Waals surface area contributed by atoms with E-state index >= 15 is 0 Å². The van der Waals surface area contributed by atoms with Crippen molar-refractivity contribution in [1.82, 2.24) is 25.4 Å². The molecule has 0 saturated heterocycles. The highest BCUT2D eigenvalue weighted by Crippen LogP contribution is 2.29. The summed E-state index contributed by atoms with van der Waals surface area (Å²) in [4.78, 5) is 4.42. The van der Waals surface area contributed by atoms with Crippen LogP contribution in [0.2, 0.25) is 0 Å². The number of aryl methyl sites for hydroxylation is 1. The summed E-state index contributed by atoms with van der Waals surface area (Å²) in [5, 5.41) is 14.0. The zero-order valence-electron chi connectivity index (χ0n) is 14.1. The maximum absolute atomic E-state index is 12.5. The number of halogens is 3. The van der Waals surface area contributed by atoms with E-state index in [2.05, 4.69) is 25.8 Å². The minimum absolute atomic E-state index is 0.381. The number of aliphatic imine (C=N–C) groups is 1. The Bertz CT molecular complexity index is 691. The van der Waals surface area contributed by atoms with Crippen molar-refractivity contribution < 1.29 is 13.2 Å². The predicted molar refractivity (Wildman–Crippen MR) is 89.0 cm³/mol. The fourth-order valence-electron chi connectivity index (χ4n) is 2.13. The molecule has 0 bridgehead atoms. The van der Waals surface area contributed by atoms with Gasteiger partial charge in [0.05, 0.1) is 5.56 Å². The first kappa shape index (κ1) is 18.8. The molecule has 1 aromatic carbocycles. The molecule has 2 rings (SSSR count). The molecule has 0 atom stereocenters. The normalized spacial score (nSPS) is 12.3. The number of benzene rings is 1. The van der Waals surface area contributed by atoms with Gasteiger partial charge in [-0.3, -0.25) is 0 Å². The largest absolute Gasteiger partial charge is 0.416 e. The molecule has 0 radical (unpaired) electrons. The fraction of sp³-hybridized carbons (Fsp3) is 0.438. The van der Waals surface area contributed by atoms with Gasteiger partial charge in [0.2, 0.25) is 0 Å². The summed E-state index contributed by atoms with van der Waals surface area (Å²) >= 11 is 0. The minimum Gasteiger partial charge on any atom is -0.357 e. The standard InChI is InChI=1S/C16H21F3N6/c1-3-20-15(22-10-14-24-23-11-25(14)2)21-9-8-12-4-6-13(7-5-12)16(17,18)19/h4-7,11H,3,8-10H2,1-2H3,(H2,20,21,22). The van der Waals surface area contributed by atoms with E-state index in [4.69, 9.17) is 0 Å². The van der Waals surface area contributed by atoms with Gasteiger partial charge in [0, 0.05) is 20.1 Å². The Hall–Kier alpha value is -2.58. The molecule has 0 amide bonds. The molecule has 1 heterocycles. The second-order valence-corrected chi connectivity index (χ2v) is 5.42. The lowest BCUT2D eigenvalue weighted by molar-refractivity contribution is -0.137. The number of rotatable bonds is 6. The molecule has 6 nitrogen and oxygen atoms in total. The molecular weight excluding hydrogens is 333 g/mol. The number of hydrogen-bond acceptors (Lipinski definition) is 3. The highest BCUT2D eigenvalue weighted by Gasteiger charge is 2.29. The van der Waals surface area contributed by atoms with Gasteiger partial charge >= 0.3 is 6.18 Å². The zero-order valence-corrected chi connectivity index (χ0v) is 14.1. The van der Waals surface area contributed by atoms with E-state index in [-0.39, 0.29) is 0 Å². The van der Waals surface area contributed by atoms with Gasteiger partial charge in [-0.1, -0.05) is 12.1 Å². The summed E-state index contributed by atoms with van der Waals surface area (Å²) in [6.45, 7) is 3.59. The molecule has 2 N–H and O–H groups in total. The van der Waals surface area contributed by atoms with Crippen molar-refractivity contribution in [1.29, 1.82) is 0 Å². The Morgan fingerprint density at radius 1 is 1.20 bits per heavy atom. The highest BCUT2D eigenvalue weighted by molar-refractivity contribution is 5.79. The van der Waals surface area contributed by atoms with E-state index in [1.807, 2.05) is 14.0 Å². The van der Waals surface area contributed by atoms with Crippen LogP contribution in [0.4, 0.5) is 13.2 Å². The van der Waals surface area contributed by atoms with Gasteiger partial charge in [-0.05, 0) is 31.0 Å². The SMILES string of the molecule is CCNC(=NCc1nncn1C)NCCc1ccc(C(F)(F)F)cc1. The Labute approximate surface area is 144 Å². The second-order valence-electron chi connectivity index (χ2n) is 5.42. The highest BCUT2D eigenvalue weighted by atomic mass is 19.4. The predicted octanol–water partition coefficient (Wildman–Crippen LogP) is 2.13. The Morgan fingerprint density at radius 2 is 1.92 bits per heavy atom. The van der Waals surface area contributed by atoms with Crippen molar-refractivity contribution in [2.24, 2.45) is 12.0 Å². The van der Waals surface area contributed by atoms with Gasteiger partial charge in [0.15, 0.2) is 11.8 Å². The molecule has 0 aliphatic rings. The van der Waals surface area contributed by atoms with E-state index in [0.29, 0.717) is 32.0 Å². The molecule has 2 aromatic rings. The molecule has 1 aromatic heterocycles. The molecule has 0 saturated carbocycles. The second kappa shape index (κ2) is 8.50. The third-order valence-corrected chi connectivity index (χ3v) is 3.52. The zero-order chi connectivity index (χ0) is 18.3. The van der Waals surface area contributed by atoms with Crippen LogP contribution >= 0.6 is 0 Å². The van der Waals surface area contributed by atoms with Crippen LogP contribution in [0.3, 0.4) is 0 Å². The van der Waals surface area contributed by atoms with Crippen LogP contribution in [0.1, 0.15) is 23.9 Å². The van der Waals surface area contributed by atoms with Crippen molar-refractivity contribution in [2.75, 3.05) is 13.1 Å². The van der Waals surface area contributed by atoms with Crippen molar-refractivity contribution in [3.05, 3.63) is 47.5 Å². The third-order valence-electron chi connectivity index (χ3n) is 3.52. The third kappa shape index (κ3) is 5.77. The number of nitrogens with zero attached hydrogens (tertiary/aromatic N) is 4. The maximum atomic E-state index is 12.5. The van der Waals surface area contributed by atoms with Gasteiger partial charge in [0.25, 0.3) is 0 Å². The topological polar surface area (TPSA) is 67.1 Å². The van der Waals surface area contributed by atoms with Crippen molar-refractivity contribution in [2.45, 2.75) is 26.1 Å². The molecule has 0 aliphatic heterocycles. The first-order valence-electron chi connectivity index (χ1n) is 7.91. The Morgan fingerprint density at radius 3 is 2.48 bits per heavy atom. The van der Waals surface area contributed by atoms with Crippen LogP contribution in [-0.4, -0.2) is 33.8 Å². The molecule has 0 unspecified atom stereocenters. The molecule has 25 heavy (non-hydrogen) atoms. The van der Waals surface area contributed by atoms with E-state index in [1.54, 1.807) is 10.9 Å². The summed E-state index contributed by atoms with van der Waals surface area (Å²) in [7, 11) is 1.84. The lowest BCUT2D eigenvalue weighted by Gasteiger charge is -2.12. The van der Waals surface area contributed by atoms with Gasteiger partial charge in [-0.2, -0.15) is 13.2 Å². The van der Waals surface area contributed by atoms with Gasteiger partial charge in [-0.15, -0.1) is 10.2 Å². The fourth-order valence-corrected chi connectivity index (χ4v) is 2.13. The number of guanidine groups is 1. The summed E-state index contributed by atoms with van der Waals surface area (Å²) in [6, 6.07) is 5.19. The molecule has 136 valence electrons. The average molecular weight is 354 g/mol. The summed E-state index contributed by atoms with van der Waals surface area (Å²) in [5.74, 6) is 1.36. The number of alkyl halides is 3. The molecule has 0 fully saturated rings. The maximum Gasteiger partial charge on any atom is 0.416 e. The summed E-state index contributed by atoms with van der Waals surface area (Å²) in [6.07, 6.45) is -2.11.